The van der Waals surface area contributed by atoms with Gasteiger partial charge in [-0.2, -0.15) is 0 Å². The third-order valence-corrected chi connectivity index (χ3v) is 2.21. The Bertz CT molecular complexity index is 95.3. The van der Waals surface area contributed by atoms with Gasteiger partial charge >= 0.3 is 0 Å². The normalized spacial score (nSPS) is 33.0. The van der Waals surface area contributed by atoms with Crippen LogP contribution in [0.5, 0.6) is 0 Å². The molecule has 0 saturated carbocycles. The summed E-state index contributed by atoms with van der Waals surface area (Å²) in [5.74, 6) is 0.821. The van der Waals surface area contributed by atoms with E-state index >= 15 is 0 Å². The second-order valence-corrected chi connectivity index (χ2v) is 3.28. The Morgan fingerprint density at radius 1 is 1.60 bits per heavy atom. The number of rotatable bonds is 3. The minimum atomic E-state index is 0.352. The van der Waals surface area contributed by atoms with Crippen LogP contribution in [0, 0.1) is 5.92 Å². The second kappa shape index (κ2) is 3.94. The lowest BCUT2D eigenvalue weighted by Crippen LogP contribution is -2.16. The molecule has 0 bridgehead atoms. The first-order chi connectivity index (χ1) is 4.83. The molecule has 0 radical (unpaired) electrons. The monoisotopic (exact) mass is 143 g/mol. The molecule has 1 heterocycles. The summed E-state index contributed by atoms with van der Waals surface area (Å²) in [4.78, 5) is 0. The summed E-state index contributed by atoms with van der Waals surface area (Å²) in [6.45, 7) is 3.73. The van der Waals surface area contributed by atoms with Gasteiger partial charge in [-0.15, -0.1) is 0 Å². The number of hydrogen-bond donors (Lipinski definition) is 2. The van der Waals surface area contributed by atoms with E-state index in [0.717, 1.165) is 18.9 Å². The van der Waals surface area contributed by atoms with Crippen LogP contribution in [0.15, 0.2) is 0 Å². The van der Waals surface area contributed by atoms with Gasteiger partial charge in [-0.3, -0.25) is 0 Å². The molecule has 2 unspecified atom stereocenters. The summed E-state index contributed by atoms with van der Waals surface area (Å²) < 4.78 is 0. The van der Waals surface area contributed by atoms with Crippen LogP contribution in [-0.2, 0) is 0 Å². The largest absolute Gasteiger partial charge is 0.396 e. The average Bonchev–Trinajstić information content (AvgIpc) is 2.31. The van der Waals surface area contributed by atoms with Crippen molar-refractivity contribution in [2.45, 2.75) is 32.2 Å². The summed E-state index contributed by atoms with van der Waals surface area (Å²) in [6.07, 6.45) is 3.45. The maximum atomic E-state index is 8.57. The van der Waals surface area contributed by atoms with Crippen LogP contribution in [-0.4, -0.2) is 24.3 Å². The molecule has 1 aliphatic rings. The Balaban J connectivity index is 2.06. The molecule has 1 fully saturated rings. The van der Waals surface area contributed by atoms with E-state index in [1.165, 1.54) is 12.8 Å². The van der Waals surface area contributed by atoms with Crippen LogP contribution in [0.1, 0.15) is 26.2 Å². The van der Waals surface area contributed by atoms with Gasteiger partial charge in [-0.1, -0.05) is 0 Å². The number of aliphatic hydroxyl groups excluding tert-OH is 1. The Morgan fingerprint density at radius 3 is 2.90 bits per heavy atom. The minimum absolute atomic E-state index is 0.352. The van der Waals surface area contributed by atoms with Crippen LogP contribution >= 0.6 is 0 Å². The second-order valence-electron chi connectivity index (χ2n) is 3.28. The third kappa shape index (κ3) is 2.27. The fourth-order valence-electron chi connectivity index (χ4n) is 1.63. The van der Waals surface area contributed by atoms with E-state index in [1.54, 1.807) is 0 Å². The van der Waals surface area contributed by atoms with Crippen molar-refractivity contribution in [3.8, 4) is 0 Å². The van der Waals surface area contributed by atoms with E-state index in [1.807, 2.05) is 0 Å². The van der Waals surface area contributed by atoms with Crippen molar-refractivity contribution < 1.29 is 5.11 Å². The summed E-state index contributed by atoms with van der Waals surface area (Å²) in [7, 11) is 0. The molecule has 60 valence electrons. The van der Waals surface area contributed by atoms with Gasteiger partial charge in [-0.05, 0) is 38.6 Å². The first-order valence-electron chi connectivity index (χ1n) is 4.17. The van der Waals surface area contributed by atoms with E-state index < -0.39 is 0 Å². The highest BCUT2D eigenvalue weighted by atomic mass is 16.2. The predicted molar refractivity (Wildman–Crippen MR) is 41.9 cm³/mol. The maximum absolute atomic E-state index is 8.57. The molecular formula is C8H17NO. The smallest absolute Gasteiger partial charge is 0.0431 e. The molecular weight excluding hydrogens is 126 g/mol. The molecule has 0 aromatic rings. The number of nitrogens with one attached hydrogen (secondary N) is 1. The van der Waals surface area contributed by atoms with E-state index in [4.69, 9.17) is 5.11 Å². The van der Waals surface area contributed by atoms with Crippen LogP contribution in [0.3, 0.4) is 0 Å². The van der Waals surface area contributed by atoms with Crippen LogP contribution in [0.25, 0.3) is 0 Å². The maximum Gasteiger partial charge on any atom is 0.0431 e. The Morgan fingerprint density at radius 2 is 2.40 bits per heavy atom. The van der Waals surface area contributed by atoms with E-state index in [-0.39, 0.29) is 0 Å². The summed E-state index contributed by atoms with van der Waals surface area (Å²) >= 11 is 0. The Kier molecular flexibility index (Phi) is 3.16. The average molecular weight is 143 g/mol. The molecule has 2 nitrogen and oxygen atoms in total. The number of aliphatic hydroxyl groups is 1. The van der Waals surface area contributed by atoms with Gasteiger partial charge in [0, 0.05) is 12.6 Å². The lowest BCUT2D eigenvalue weighted by Gasteiger charge is -2.05. The molecule has 2 heteroatoms. The topological polar surface area (TPSA) is 32.3 Å². The highest BCUT2D eigenvalue weighted by Crippen LogP contribution is 2.17. The van der Waals surface area contributed by atoms with Gasteiger partial charge in [0.25, 0.3) is 0 Å². The third-order valence-electron chi connectivity index (χ3n) is 2.21. The molecule has 10 heavy (non-hydrogen) atoms. The van der Waals surface area contributed by atoms with Crippen molar-refractivity contribution in [3.63, 3.8) is 0 Å². The molecule has 1 rings (SSSR count). The van der Waals surface area contributed by atoms with Crippen molar-refractivity contribution in [3.05, 3.63) is 0 Å². The predicted octanol–water partition coefficient (Wildman–Crippen LogP) is 0.757. The molecule has 2 atom stereocenters. The quantitative estimate of drug-likeness (QED) is 0.611. The summed E-state index contributed by atoms with van der Waals surface area (Å²) in [5, 5.41) is 12.0. The first-order valence-corrected chi connectivity index (χ1v) is 4.17. The highest BCUT2D eigenvalue weighted by molar-refractivity contribution is 4.77. The van der Waals surface area contributed by atoms with E-state index in [9.17, 15) is 0 Å². The molecule has 0 spiro atoms. The van der Waals surface area contributed by atoms with Gasteiger partial charge in [0.2, 0.25) is 0 Å². The van der Waals surface area contributed by atoms with Crippen molar-refractivity contribution in [2.75, 3.05) is 13.2 Å². The van der Waals surface area contributed by atoms with E-state index in [2.05, 4.69) is 12.2 Å². The van der Waals surface area contributed by atoms with Crippen molar-refractivity contribution >= 4 is 0 Å². The molecule has 0 aromatic heterocycles. The van der Waals surface area contributed by atoms with Gasteiger partial charge < -0.3 is 10.4 Å². The lowest BCUT2D eigenvalue weighted by molar-refractivity contribution is 0.273. The number of hydrogen-bond acceptors (Lipinski definition) is 2. The molecule has 0 amide bonds. The van der Waals surface area contributed by atoms with Gasteiger partial charge in [0.05, 0.1) is 0 Å². The zero-order valence-electron chi connectivity index (χ0n) is 6.64. The summed E-state index contributed by atoms with van der Waals surface area (Å²) in [6, 6.07) is 0.698. The van der Waals surface area contributed by atoms with Gasteiger partial charge in [-0.25, -0.2) is 0 Å². The fourth-order valence-corrected chi connectivity index (χ4v) is 1.63. The van der Waals surface area contributed by atoms with Crippen molar-refractivity contribution in [2.24, 2.45) is 5.92 Å². The van der Waals surface area contributed by atoms with E-state index in [0.29, 0.717) is 12.6 Å². The van der Waals surface area contributed by atoms with Crippen molar-refractivity contribution in [1.82, 2.24) is 5.32 Å². The van der Waals surface area contributed by atoms with Crippen molar-refractivity contribution in [1.29, 1.82) is 0 Å². The zero-order chi connectivity index (χ0) is 7.40. The standard InChI is InChI=1S/C8H17NO/c1-7-5-8(6-9-7)3-2-4-10/h7-10H,2-6H2,1H3. The first kappa shape index (κ1) is 8.02. The van der Waals surface area contributed by atoms with Gasteiger partial charge in [0.15, 0.2) is 0 Å². The molecule has 1 aliphatic heterocycles. The summed E-state index contributed by atoms with van der Waals surface area (Å²) in [5.41, 5.74) is 0. The van der Waals surface area contributed by atoms with Gasteiger partial charge in [0.1, 0.15) is 0 Å². The minimum Gasteiger partial charge on any atom is -0.396 e. The lowest BCUT2D eigenvalue weighted by atomic mass is 10.0. The van der Waals surface area contributed by atoms with Crippen LogP contribution < -0.4 is 5.32 Å². The zero-order valence-corrected chi connectivity index (χ0v) is 6.64. The Labute approximate surface area is 62.6 Å². The Hall–Kier alpha value is -0.0800. The van der Waals surface area contributed by atoms with Crippen LogP contribution in [0.4, 0.5) is 0 Å². The molecule has 0 aliphatic carbocycles. The molecule has 1 saturated heterocycles. The molecule has 2 N–H and O–H groups in total. The van der Waals surface area contributed by atoms with Crippen LogP contribution in [0.2, 0.25) is 0 Å². The SMILES string of the molecule is CC1CC(CCCO)CN1. The highest BCUT2D eigenvalue weighted by Gasteiger charge is 2.19. The fraction of sp³-hybridized carbons (Fsp3) is 1.00. The molecule has 0 aromatic carbocycles.